The fourth-order valence-corrected chi connectivity index (χ4v) is 3.07. The van der Waals surface area contributed by atoms with Crippen molar-refractivity contribution in [3.63, 3.8) is 0 Å². The lowest BCUT2D eigenvalue weighted by molar-refractivity contribution is 0.0423. The molecule has 1 fully saturated rings. The molecule has 1 saturated heterocycles. The molecule has 3 nitrogen and oxygen atoms in total. The van der Waals surface area contributed by atoms with E-state index >= 15 is 0 Å². The quantitative estimate of drug-likeness (QED) is 0.777. The number of aliphatic hydroxyl groups is 1. The first kappa shape index (κ1) is 14.2. The molecule has 1 aliphatic rings. The van der Waals surface area contributed by atoms with Gasteiger partial charge < -0.3 is 14.3 Å². The molecule has 1 unspecified atom stereocenters. The lowest BCUT2D eigenvalue weighted by atomic mass is 10.0. The van der Waals surface area contributed by atoms with E-state index < -0.39 is 8.32 Å². The minimum absolute atomic E-state index is 0.0465. The highest BCUT2D eigenvalue weighted by Crippen LogP contribution is 2.39. The maximum Gasteiger partial charge on any atom is 0.192 e. The minimum atomic E-state index is -1.72. The Morgan fingerprint density at radius 3 is 2.31 bits per heavy atom. The van der Waals surface area contributed by atoms with E-state index in [1.807, 2.05) is 0 Å². The monoisotopic (exact) mass is 246 g/mol. The maximum atomic E-state index is 9.14. The number of rotatable bonds is 3. The molecule has 0 aromatic rings. The fraction of sp³-hybridized carbons (Fsp3) is 1.00. The van der Waals surface area contributed by atoms with E-state index in [9.17, 15) is 0 Å². The Morgan fingerprint density at radius 2 is 1.94 bits per heavy atom. The van der Waals surface area contributed by atoms with Crippen LogP contribution >= 0.6 is 0 Å². The summed E-state index contributed by atoms with van der Waals surface area (Å²) in [7, 11) is -1.72. The van der Waals surface area contributed by atoms with E-state index in [0.717, 1.165) is 0 Å². The Balaban J connectivity index is 2.62. The molecule has 0 amide bonds. The zero-order valence-electron chi connectivity index (χ0n) is 11.4. The van der Waals surface area contributed by atoms with Crippen LogP contribution in [0.15, 0.2) is 0 Å². The highest BCUT2D eigenvalue weighted by molar-refractivity contribution is 6.74. The van der Waals surface area contributed by atoms with Gasteiger partial charge in [-0.3, -0.25) is 0 Å². The number of aliphatic hydroxyl groups excluding tert-OH is 1. The first-order chi connectivity index (χ1) is 7.19. The van der Waals surface area contributed by atoms with Crippen LogP contribution in [0.1, 0.15) is 27.7 Å². The molecule has 1 rings (SSSR count). The number of ether oxygens (including phenoxy) is 1. The Labute approximate surface area is 100 Å². The van der Waals surface area contributed by atoms with Gasteiger partial charge >= 0.3 is 0 Å². The van der Waals surface area contributed by atoms with Crippen molar-refractivity contribution in [3.8, 4) is 0 Å². The first-order valence-corrected chi connectivity index (χ1v) is 9.00. The van der Waals surface area contributed by atoms with Crippen molar-refractivity contribution >= 4 is 8.32 Å². The van der Waals surface area contributed by atoms with E-state index in [4.69, 9.17) is 14.3 Å². The lowest BCUT2D eigenvalue weighted by Crippen LogP contribution is -2.45. The Hall–Kier alpha value is 0.0969. The SMILES string of the molecule is C[C@H]1C(O[Si](C)(C)C(C)(C)C)CO[C@H]1CO. The summed E-state index contributed by atoms with van der Waals surface area (Å²) in [6.45, 7) is 14.1. The van der Waals surface area contributed by atoms with E-state index in [0.29, 0.717) is 12.5 Å². The van der Waals surface area contributed by atoms with Crippen molar-refractivity contribution in [3.05, 3.63) is 0 Å². The normalized spacial score (nSPS) is 32.1. The number of hydrogen-bond acceptors (Lipinski definition) is 3. The summed E-state index contributed by atoms with van der Waals surface area (Å²) in [6.07, 6.45) is 0.104. The van der Waals surface area contributed by atoms with Gasteiger partial charge in [0.25, 0.3) is 0 Å². The standard InChI is InChI=1S/C12H26O3Si/c1-9-10(7-13)14-8-11(9)15-16(5,6)12(2,3)4/h9-11,13H,7-8H2,1-6H3/t9-,10+,11?/m1/s1. The molecule has 0 bridgehead atoms. The van der Waals surface area contributed by atoms with Gasteiger partial charge in [0, 0.05) is 5.92 Å². The molecular weight excluding hydrogens is 220 g/mol. The molecule has 0 aliphatic carbocycles. The van der Waals surface area contributed by atoms with Crippen LogP contribution in [0.2, 0.25) is 18.1 Å². The molecule has 1 heterocycles. The zero-order chi connectivity index (χ0) is 12.6. The molecule has 0 aromatic heterocycles. The molecular formula is C12H26O3Si. The van der Waals surface area contributed by atoms with Crippen molar-refractivity contribution in [1.29, 1.82) is 0 Å². The summed E-state index contributed by atoms with van der Waals surface area (Å²) in [5.74, 6) is 0.291. The van der Waals surface area contributed by atoms with E-state index in [1.165, 1.54) is 0 Å². The van der Waals surface area contributed by atoms with Gasteiger partial charge in [-0.1, -0.05) is 27.7 Å². The minimum Gasteiger partial charge on any atom is -0.411 e. The van der Waals surface area contributed by atoms with Gasteiger partial charge in [-0.25, -0.2) is 0 Å². The van der Waals surface area contributed by atoms with Gasteiger partial charge in [0.05, 0.1) is 25.4 Å². The predicted molar refractivity (Wildman–Crippen MR) is 68.1 cm³/mol. The average molecular weight is 246 g/mol. The van der Waals surface area contributed by atoms with Crippen LogP contribution in [0.3, 0.4) is 0 Å². The second-order valence-electron chi connectivity index (χ2n) is 6.33. The second-order valence-corrected chi connectivity index (χ2v) is 11.1. The van der Waals surface area contributed by atoms with Crippen LogP contribution in [0.4, 0.5) is 0 Å². The van der Waals surface area contributed by atoms with Gasteiger partial charge in [0.1, 0.15) is 0 Å². The average Bonchev–Trinajstić information content (AvgIpc) is 2.45. The summed E-state index contributed by atoms with van der Waals surface area (Å²) < 4.78 is 11.8. The first-order valence-electron chi connectivity index (χ1n) is 6.09. The Morgan fingerprint density at radius 1 is 1.38 bits per heavy atom. The van der Waals surface area contributed by atoms with Gasteiger partial charge in [-0.2, -0.15) is 0 Å². The third-order valence-electron chi connectivity index (χ3n) is 4.08. The molecule has 96 valence electrons. The van der Waals surface area contributed by atoms with Crippen LogP contribution in [0.25, 0.3) is 0 Å². The predicted octanol–water partition coefficient (Wildman–Crippen LogP) is 2.40. The van der Waals surface area contributed by atoms with Crippen molar-refractivity contribution in [1.82, 2.24) is 0 Å². The molecule has 16 heavy (non-hydrogen) atoms. The summed E-state index contributed by atoms with van der Waals surface area (Å²) in [5, 5.41) is 9.37. The van der Waals surface area contributed by atoms with E-state index in [1.54, 1.807) is 0 Å². The van der Waals surface area contributed by atoms with Gasteiger partial charge in [-0.15, -0.1) is 0 Å². The fourth-order valence-electron chi connectivity index (χ4n) is 1.68. The Bertz CT molecular complexity index is 235. The second kappa shape index (κ2) is 4.76. The smallest absolute Gasteiger partial charge is 0.192 e. The molecule has 0 saturated carbocycles. The highest BCUT2D eigenvalue weighted by Gasteiger charge is 2.43. The van der Waals surface area contributed by atoms with Gasteiger partial charge in [0.2, 0.25) is 0 Å². The van der Waals surface area contributed by atoms with Crippen LogP contribution in [0.5, 0.6) is 0 Å². The zero-order valence-corrected chi connectivity index (χ0v) is 12.4. The summed E-state index contributed by atoms with van der Waals surface area (Å²) in [6, 6.07) is 0. The van der Waals surface area contributed by atoms with Crippen molar-refractivity contribution in [2.24, 2.45) is 5.92 Å². The summed E-state index contributed by atoms with van der Waals surface area (Å²) in [5.41, 5.74) is 0. The molecule has 1 N–H and O–H groups in total. The van der Waals surface area contributed by atoms with Crippen molar-refractivity contribution in [2.75, 3.05) is 13.2 Å². The maximum absolute atomic E-state index is 9.14. The largest absolute Gasteiger partial charge is 0.411 e. The van der Waals surface area contributed by atoms with Crippen molar-refractivity contribution in [2.45, 2.75) is 58.0 Å². The third kappa shape index (κ3) is 2.86. The molecule has 1 aliphatic heterocycles. The third-order valence-corrected chi connectivity index (χ3v) is 8.58. The topological polar surface area (TPSA) is 38.7 Å². The molecule has 0 aromatic carbocycles. The van der Waals surface area contributed by atoms with Crippen LogP contribution in [0, 0.1) is 5.92 Å². The van der Waals surface area contributed by atoms with E-state index in [2.05, 4.69) is 40.8 Å². The van der Waals surface area contributed by atoms with Crippen LogP contribution < -0.4 is 0 Å². The van der Waals surface area contributed by atoms with Crippen LogP contribution in [-0.4, -0.2) is 38.8 Å². The summed E-state index contributed by atoms with van der Waals surface area (Å²) >= 11 is 0. The highest BCUT2D eigenvalue weighted by atomic mass is 28.4. The van der Waals surface area contributed by atoms with Gasteiger partial charge in [-0.05, 0) is 18.1 Å². The molecule has 0 radical (unpaired) electrons. The van der Waals surface area contributed by atoms with Crippen LogP contribution in [-0.2, 0) is 9.16 Å². The van der Waals surface area contributed by atoms with E-state index in [-0.39, 0.29) is 23.9 Å². The molecule has 0 spiro atoms. The van der Waals surface area contributed by atoms with Crippen molar-refractivity contribution < 1.29 is 14.3 Å². The molecule has 4 heteroatoms. The van der Waals surface area contributed by atoms with Gasteiger partial charge in [0.15, 0.2) is 8.32 Å². The summed E-state index contributed by atoms with van der Waals surface area (Å²) in [4.78, 5) is 0. The lowest BCUT2D eigenvalue weighted by Gasteiger charge is -2.39. The number of hydrogen-bond donors (Lipinski definition) is 1. The Kier molecular flexibility index (Phi) is 4.22. The molecule has 3 atom stereocenters.